The molecule has 3 aliphatic rings. The number of phenols is 1. The van der Waals surface area contributed by atoms with Crippen LogP contribution in [0.3, 0.4) is 0 Å². The van der Waals surface area contributed by atoms with Gasteiger partial charge in [-0.05, 0) is 108 Å². The number of carbonyl (C=O) groups excluding carboxylic acids is 2. The van der Waals surface area contributed by atoms with Gasteiger partial charge >= 0.3 is 14.2 Å². The summed E-state index contributed by atoms with van der Waals surface area (Å²) in [6.07, 6.45) is 5.20. The maximum absolute atomic E-state index is 13.9. The van der Waals surface area contributed by atoms with Crippen molar-refractivity contribution in [2.45, 2.75) is 58.4 Å². The molecule has 0 unspecified atom stereocenters. The first-order chi connectivity index (χ1) is 20.6. The second-order valence-corrected chi connectivity index (χ2v) is 12.6. The first kappa shape index (κ1) is 31.8. The predicted molar refractivity (Wildman–Crippen MR) is 174 cm³/mol. The number of hydrogen-bond acceptors (Lipinski definition) is 8. The molecule has 0 saturated carbocycles. The van der Waals surface area contributed by atoms with Gasteiger partial charge in [-0.25, -0.2) is 0 Å². The minimum atomic E-state index is -1.72. The molecule has 2 aromatic rings. The second-order valence-electron chi connectivity index (χ2n) is 11.4. The number of amides is 2. The van der Waals surface area contributed by atoms with Crippen LogP contribution in [-0.2, 0) is 14.2 Å². The number of anilines is 1. The van der Waals surface area contributed by atoms with E-state index in [0.717, 1.165) is 23.1 Å². The summed E-state index contributed by atoms with van der Waals surface area (Å²) < 4.78 is 12.1. The highest BCUT2D eigenvalue weighted by molar-refractivity contribution is 14.1. The van der Waals surface area contributed by atoms with Gasteiger partial charge in [0.15, 0.2) is 11.5 Å². The molecular formula is C31H36B2INO8. The Morgan fingerprint density at radius 3 is 2.63 bits per heavy atom. The molecular weight excluding hydrogens is 663 g/mol. The minimum absolute atomic E-state index is 0.112. The van der Waals surface area contributed by atoms with E-state index in [4.69, 9.17) is 9.39 Å². The lowest BCUT2D eigenvalue weighted by atomic mass is 9.58. The van der Waals surface area contributed by atoms with Crippen LogP contribution < -0.4 is 15.1 Å². The molecule has 4 atom stereocenters. The highest BCUT2D eigenvalue weighted by Gasteiger charge is 2.57. The van der Waals surface area contributed by atoms with E-state index < -0.39 is 26.1 Å². The second kappa shape index (κ2) is 13.2. The Morgan fingerprint density at radius 1 is 1.19 bits per heavy atom. The largest absolute Gasteiger partial charge is 0.504 e. The summed E-state index contributed by atoms with van der Waals surface area (Å²) >= 11 is 2.08. The first-order valence-electron chi connectivity index (χ1n) is 14.7. The molecule has 9 nitrogen and oxygen atoms in total. The summed E-state index contributed by atoms with van der Waals surface area (Å²) in [4.78, 5) is 28.8. The number of methoxy groups -OCH3 is 1. The maximum atomic E-state index is 13.9. The monoisotopic (exact) mass is 699 g/mol. The van der Waals surface area contributed by atoms with Gasteiger partial charge in [-0.1, -0.05) is 43.2 Å². The van der Waals surface area contributed by atoms with E-state index in [1.807, 2.05) is 13.0 Å². The predicted octanol–water partition coefficient (Wildman–Crippen LogP) is 3.67. The lowest BCUT2D eigenvalue weighted by molar-refractivity contribution is -0.122. The molecule has 2 heterocycles. The van der Waals surface area contributed by atoms with Crippen molar-refractivity contribution in [1.82, 2.24) is 0 Å². The van der Waals surface area contributed by atoms with Crippen LogP contribution in [0.15, 0.2) is 53.1 Å². The smallest absolute Gasteiger partial charge is 0.488 e. The van der Waals surface area contributed by atoms with Crippen molar-refractivity contribution in [2.24, 2.45) is 17.8 Å². The number of hydrogen-bond donors (Lipinski definition) is 4. The molecule has 5 rings (SSSR count). The molecule has 1 aliphatic carbocycles. The van der Waals surface area contributed by atoms with E-state index in [-0.39, 0.29) is 41.4 Å². The Bertz CT molecular complexity index is 1480. The molecule has 226 valence electrons. The van der Waals surface area contributed by atoms with Crippen LogP contribution in [0.1, 0.15) is 51.5 Å². The van der Waals surface area contributed by atoms with Gasteiger partial charge in [0, 0.05) is 0 Å². The topological polar surface area (TPSA) is 137 Å². The number of carbonyl (C=O) groups is 2. The van der Waals surface area contributed by atoms with E-state index >= 15 is 0 Å². The number of imide groups is 1. The number of allylic oxidation sites excluding steroid dienone is 2. The van der Waals surface area contributed by atoms with Crippen LogP contribution in [-0.4, -0.2) is 59.4 Å². The third-order valence-corrected chi connectivity index (χ3v) is 9.81. The van der Waals surface area contributed by atoms with Crippen LogP contribution in [0, 0.1) is 21.3 Å². The van der Waals surface area contributed by atoms with Crippen molar-refractivity contribution in [1.29, 1.82) is 0 Å². The van der Waals surface area contributed by atoms with Crippen molar-refractivity contribution in [3.63, 3.8) is 0 Å². The van der Waals surface area contributed by atoms with Crippen LogP contribution in [0.5, 0.6) is 11.5 Å². The molecule has 2 fully saturated rings. The Hall–Kier alpha value is -2.64. The first-order valence-corrected chi connectivity index (χ1v) is 15.8. The van der Waals surface area contributed by atoms with Gasteiger partial charge < -0.3 is 29.6 Å². The van der Waals surface area contributed by atoms with Gasteiger partial charge in [-0.2, -0.15) is 0 Å². The Labute approximate surface area is 266 Å². The molecule has 0 spiro atoms. The molecule has 2 saturated heterocycles. The van der Waals surface area contributed by atoms with Crippen LogP contribution in [0.25, 0.3) is 6.08 Å². The van der Waals surface area contributed by atoms with Crippen molar-refractivity contribution < 1.29 is 39.2 Å². The van der Waals surface area contributed by atoms with Crippen molar-refractivity contribution in [3.05, 3.63) is 62.3 Å². The van der Waals surface area contributed by atoms with Gasteiger partial charge in [0.05, 0.1) is 34.3 Å². The summed E-state index contributed by atoms with van der Waals surface area (Å²) in [7, 11) is -1.26. The normalized spacial score (nSPS) is 23.9. The van der Waals surface area contributed by atoms with E-state index in [1.54, 1.807) is 18.2 Å². The number of ether oxygens (including phenoxy) is 1. The standard InChI is InChI=1S/C31H36B2INO8/c1-4-17(11-18-12-24(34)29(36)26(13-18)42-3)9-10-25-27-19(5-2)14-22-28(23(27)16-32(39)43-25)31(38)35(30(22)37)21-8-6-7-20(15-21)33(40)41/h6-8,11-13,15,22-23,25,28,36,39-41H,4-5,9-10,14,16H2,1-3H3/b17-11+/t22-,23+,25-,28-/m1/s1. The summed E-state index contributed by atoms with van der Waals surface area (Å²) in [6.45, 7) is 4.13. The van der Waals surface area contributed by atoms with E-state index in [2.05, 4.69) is 35.6 Å². The molecule has 2 aliphatic heterocycles. The third kappa shape index (κ3) is 6.17. The zero-order valence-electron chi connectivity index (χ0n) is 24.5. The number of nitrogens with zero attached hydrogens (tertiary/aromatic N) is 1. The molecule has 0 bridgehead atoms. The van der Waals surface area contributed by atoms with Crippen molar-refractivity contribution >= 4 is 65.9 Å². The van der Waals surface area contributed by atoms with E-state index in [1.165, 1.54) is 29.7 Å². The average Bonchev–Trinajstić information content (AvgIpc) is 3.25. The number of phenolic OH excluding ortho intramolecular Hbond substituents is 1. The van der Waals surface area contributed by atoms with Gasteiger partial charge in [-0.15, -0.1) is 0 Å². The summed E-state index contributed by atoms with van der Waals surface area (Å²) in [6, 6.07) is 9.90. The number of aromatic hydroxyl groups is 1. The fraction of sp³-hybridized carbons (Fsp3) is 0.419. The molecule has 2 amide bonds. The number of fused-ring (bicyclic) bond motifs is 3. The molecule has 43 heavy (non-hydrogen) atoms. The fourth-order valence-electron chi connectivity index (χ4n) is 6.92. The van der Waals surface area contributed by atoms with Gasteiger partial charge in [0.25, 0.3) is 0 Å². The number of halogens is 1. The molecule has 12 heteroatoms. The highest BCUT2D eigenvalue weighted by atomic mass is 127. The van der Waals surface area contributed by atoms with Gasteiger partial charge in [0.1, 0.15) is 0 Å². The van der Waals surface area contributed by atoms with Crippen molar-refractivity contribution in [2.75, 3.05) is 12.0 Å². The Kier molecular flexibility index (Phi) is 9.72. The SMILES string of the molecule is CCC1=C2[C@@H](CC/C(=C/c3cc(I)c(O)c(OC)c3)CC)OB(O)C[C@@H]2[C@@H]2C(=O)N(c3cccc(B(O)O)c3)C(=O)[C@@H]2C1. The minimum Gasteiger partial charge on any atom is -0.504 e. The van der Waals surface area contributed by atoms with Gasteiger partial charge in [0.2, 0.25) is 11.8 Å². The third-order valence-electron chi connectivity index (χ3n) is 8.98. The van der Waals surface area contributed by atoms with Crippen LogP contribution >= 0.6 is 22.6 Å². The zero-order valence-corrected chi connectivity index (χ0v) is 26.7. The lowest BCUT2D eigenvalue weighted by Crippen LogP contribution is -2.46. The highest BCUT2D eigenvalue weighted by Crippen LogP contribution is 2.51. The fourth-order valence-corrected chi connectivity index (χ4v) is 7.54. The molecule has 0 aromatic heterocycles. The summed E-state index contributed by atoms with van der Waals surface area (Å²) in [5, 5.41) is 40.3. The summed E-state index contributed by atoms with van der Waals surface area (Å²) in [5.41, 5.74) is 4.74. The summed E-state index contributed by atoms with van der Waals surface area (Å²) in [5.74, 6) is -1.58. The Balaban J connectivity index is 1.42. The van der Waals surface area contributed by atoms with Crippen LogP contribution in [0.2, 0.25) is 6.32 Å². The molecule has 0 radical (unpaired) electrons. The quantitative estimate of drug-likeness (QED) is 0.135. The van der Waals surface area contributed by atoms with Crippen molar-refractivity contribution in [3.8, 4) is 11.5 Å². The average molecular weight is 699 g/mol. The Morgan fingerprint density at radius 2 is 1.95 bits per heavy atom. The van der Waals surface area contributed by atoms with E-state index in [9.17, 15) is 29.8 Å². The lowest BCUT2D eigenvalue weighted by Gasteiger charge is -2.43. The van der Waals surface area contributed by atoms with E-state index in [0.29, 0.717) is 40.7 Å². The van der Waals surface area contributed by atoms with Gasteiger partial charge in [-0.3, -0.25) is 14.5 Å². The zero-order chi connectivity index (χ0) is 31.0. The molecule has 2 aromatic carbocycles. The molecule has 4 N–H and O–H groups in total. The maximum Gasteiger partial charge on any atom is 0.488 e. The number of rotatable bonds is 9. The number of benzene rings is 2. The van der Waals surface area contributed by atoms with Crippen LogP contribution in [0.4, 0.5) is 5.69 Å².